The fourth-order valence-electron chi connectivity index (χ4n) is 2.40. The van der Waals surface area contributed by atoms with Gasteiger partial charge in [-0.15, -0.1) is 0 Å². The van der Waals surface area contributed by atoms with Crippen LogP contribution in [0.15, 0.2) is 52.9 Å². The van der Waals surface area contributed by atoms with Gasteiger partial charge in [0.15, 0.2) is 0 Å². The van der Waals surface area contributed by atoms with Gasteiger partial charge in [0.05, 0.1) is 0 Å². The first-order valence-electron chi connectivity index (χ1n) is 6.64. The van der Waals surface area contributed by atoms with Crippen molar-refractivity contribution >= 4 is 22.6 Å². The van der Waals surface area contributed by atoms with Gasteiger partial charge < -0.3 is 9.73 Å². The fourth-order valence-corrected chi connectivity index (χ4v) is 2.58. The summed E-state index contributed by atoms with van der Waals surface area (Å²) in [7, 11) is 1.96. The van der Waals surface area contributed by atoms with Crippen molar-refractivity contribution in [2.24, 2.45) is 0 Å². The average molecular weight is 286 g/mol. The van der Waals surface area contributed by atoms with Crippen LogP contribution in [0.1, 0.15) is 18.5 Å². The second-order valence-corrected chi connectivity index (χ2v) is 5.33. The second kappa shape index (κ2) is 5.31. The summed E-state index contributed by atoms with van der Waals surface area (Å²) >= 11 is 6.03. The van der Waals surface area contributed by atoms with Crippen LogP contribution in [0.25, 0.3) is 22.3 Å². The Labute approximate surface area is 123 Å². The zero-order chi connectivity index (χ0) is 14.1. The number of furan rings is 1. The van der Waals surface area contributed by atoms with E-state index >= 15 is 0 Å². The number of halogens is 1. The lowest BCUT2D eigenvalue weighted by atomic mass is 9.99. The Kier molecular flexibility index (Phi) is 3.51. The lowest BCUT2D eigenvalue weighted by molar-refractivity contribution is 0.620. The molecule has 0 amide bonds. The smallest absolute Gasteiger partial charge is 0.135 e. The van der Waals surface area contributed by atoms with E-state index < -0.39 is 0 Å². The highest BCUT2D eigenvalue weighted by atomic mass is 35.5. The first kappa shape index (κ1) is 13.2. The van der Waals surface area contributed by atoms with Crippen molar-refractivity contribution in [2.45, 2.75) is 13.0 Å². The van der Waals surface area contributed by atoms with E-state index in [1.165, 1.54) is 5.56 Å². The van der Waals surface area contributed by atoms with E-state index in [0.29, 0.717) is 0 Å². The number of benzene rings is 2. The molecule has 102 valence electrons. The summed E-state index contributed by atoms with van der Waals surface area (Å²) in [5.74, 6) is 0.875. The minimum atomic E-state index is 0.267. The van der Waals surface area contributed by atoms with Gasteiger partial charge in [-0.2, -0.15) is 0 Å². The molecular formula is C17H16ClNO. The number of rotatable bonds is 3. The van der Waals surface area contributed by atoms with Crippen LogP contribution in [-0.4, -0.2) is 7.05 Å². The zero-order valence-electron chi connectivity index (χ0n) is 11.5. The van der Waals surface area contributed by atoms with Crippen molar-refractivity contribution in [2.75, 3.05) is 7.05 Å². The molecule has 0 spiro atoms. The Morgan fingerprint density at radius 2 is 1.90 bits per heavy atom. The predicted molar refractivity (Wildman–Crippen MR) is 84.1 cm³/mol. The molecule has 2 nitrogen and oxygen atoms in total. The molecule has 3 rings (SSSR count). The first-order chi connectivity index (χ1) is 9.69. The fraction of sp³-hybridized carbons (Fsp3) is 0.176. The first-order valence-corrected chi connectivity index (χ1v) is 7.02. The maximum atomic E-state index is 6.03. The Balaban J connectivity index is 2.15. The van der Waals surface area contributed by atoms with Gasteiger partial charge in [0.25, 0.3) is 0 Å². The Bertz CT molecular complexity index is 748. The zero-order valence-corrected chi connectivity index (χ0v) is 12.2. The standard InChI is InChI=1S/C17H16ClNO/c1-11(19-2)14-5-3-4-6-15(14)17-10-12-9-13(18)7-8-16(12)20-17/h3-11,19H,1-2H3. The normalized spacial score (nSPS) is 12.8. The van der Waals surface area contributed by atoms with E-state index in [1.807, 2.05) is 43.4 Å². The van der Waals surface area contributed by atoms with Crippen LogP contribution in [0.4, 0.5) is 0 Å². The van der Waals surface area contributed by atoms with E-state index in [4.69, 9.17) is 16.0 Å². The molecule has 0 radical (unpaired) electrons. The largest absolute Gasteiger partial charge is 0.456 e. The Hall–Kier alpha value is -1.77. The molecule has 0 bridgehead atoms. The van der Waals surface area contributed by atoms with Crippen LogP contribution in [0.3, 0.4) is 0 Å². The van der Waals surface area contributed by atoms with E-state index in [9.17, 15) is 0 Å². The molecule has 3 aromatic rings. The summed E-state index contributed by atoms with van der Waals surface area (Å²) in [4.78, 5) is 0. The third kappa shape index (κ3) is 2.33. The minimum absolute atomic E-state index is 0.267. The van der Waals surface area contributed by atoms with Crippen LogP contribution in [-0.2, 0) is 0 Å². The van der Waals surface area contributed by atoms with Gasteiger partial charge in [-0.1, -0.05) is 35.9 Å². The van der Waals surface area contributed by atoms with Crippen molar-refractivity contribution in [1.29, 1.82) is 0 Å². The van der Waals surface area contributed by atoms with Crippen molar-refractivity contribution in [1.82, 2.24) is 5.32 Å². The highest BCUT2D eigenvalue weighted by molar-refractivity contribution is 6.31. The van der Waals surface area contributed by atoms with Crippen LogP contribution in [0.2, 0.25) is 5.02 Å². The molecule has 0 saturated heterocycles. The summed E-state index contributed by atoms with van der Waals surface area (Å²) in [6.45, 7) is 2.14. The quantitative estimate of drug-likeness (QED) is 0.730. The maximum Gasteiger partial charge on any atom is 0.135 e. The van der Waals surface area contributed by atoms with E-state index in [-0.39, 0.29) is 6.04 Å². The summed E-state index contributed by atoms with van der Waals surface area (Å²) in [6.07, 6.45) is 0. The van der Waals surface area contributed by atoms with Crippen molar-refractivity contribution in [3.63, 3.8) is 0 Å². The summed E-state index contributed by atoms with van der Waals surface area (Å²) in [5, 5.41) is 5.02. The number of hydrogen-bond donors (Lipinski definition) is 1. The average Bonchev–Trinajstić information content (AvgIpc) is 2.89. The molecule has 1 N–H and O–H groups in total. The Morgan fingerprint density at radius 1 is 1.10 bits per heavy atom. The molecule has 1 unspecified atom stereocenters. The maximum absolute atomic E-state index is 6.03. The van der Waals surface area contributed by atoms with E-state index in [0.717, 1.165) is 27.3 Å². The van der Waals surface area contributed by atoms with Crippen LogP contribution in [0.5, 0.6) is 0 Å². The molecule has 0 fully saturated rings. The molecule has 1 aromatic heterocycles. The molecule has 0 aliphatic rings. The third-order valence-electron chi connectivity index (χ3n) is 3.60. The predicted octanol–water partition coefficient (Wildman–Crippen LogP) is 5.03. The third-order valence-corrected chi connectivity index (χ3v) is 3.84. The van der Waals surface area contributed by atoms with Crippen molar-refractivity contribution in [3.05, 3.63) is 59.1 Å². The molecule has 20 heavy (non-hydrogen) atoms. The summed E-state index contributed by atoms with van der Waals surface area (Å²) in [5.41, 5.74) is 3.19. The van der Waals surface area contributed by atoms with Gasteiger partial charge in [-0.05, 0) is 43.8 Å². The van der Waals surface area contributed by atoms with Gasteiger partial charge in [0.2, 0.25) is 0 Å². The summed E-state index contributed by atoms with van der Waals surface area (Å²) in [6, 6.07) is 16.3. The summed E-state index contributed by atoms with van der Waals surface area (Å²) < 4.78 is 5.96. The van der Waals surface area contributed by atoms with Crippen LogP contribution < -0.4 is 5.32 Å². The van der Waals surface area contributed by atoms with Gasteiger partial charge in [0, 0.05) is 22.0 Å². The number of nitrogens with one attached hydrogen (secondary N) is 1. The lowest BCUT2D eigenvalue weighted by Crippen LogP contribution is -2.13. The highest BCUT2D eigenvalue weighted by Crippen LogP contribution is 2.33. The highest BCUT2D eigenvalue weighted by Gasteiger charge is 2.13. The van der Waals surface area contributed by atoms with Gasteiger partial charge in [-0.25, -0.2) is 0 Å². The van der Waals surface area contributed by atoms with Crippen LogP contribution in [0, 0.1) is 0 Å². The number of fused-ring (bicyclic) bond motifs is 1. The molecule has 0 aliphatic heterocycles. The molecule has 2 aromatic carbocycles. The van der Waals surface area contributed by atoms with E-state index in [1.54, 1.807) is 0 Å². The lowest BCUT2D eigenvalue weighted by Gasteiger charge is -2.14. The van der Waals surface area contributed by atoms with Gasteiger partial charge in [0.1, 0.15) is 11.3 Å². The molecule has 0 saturated carbocycles. The molecule has 1 atom stereocenters. The molecule has 0 aliphatic carbocycles. The topological polar surface area (TPSA) is 25.2 Å². The van der Waals surface area contributed by atoms with Gasteiger partial charge >= 0.3 is 0 Å². The Morgan fingerprint density at radius 3 is 2.70 bits per heavy atom. The number of hydrogen-bond acceptors (Lipinski definition) is 2. The van der Waals surface area contributed by atoms with Gasteiger partial charge in [-0.3, -0.25) is 0 Å². The SMILES string of the molecule is CNC(C)c1ccccc1-c1cc2cc(Cl)ccc2o1. The van der Waals surface area contributed by atoms with Crippen molar-refractivity contribution < 1.29 is 4.42 Å². The van der Waals surface area contributed by atoms with E-state index in [2.05, 4.69) is 24.4 Å². The van der Waals surface area contributed by atoms with Crippen LogP contribution >= 0.6 is 11.6 Å². The monoisotopic (exact) mass is 285 g/mol. The molecule has 1 heterocycles. The van der Waals surface area contributed by atoms with Crippen molar-refractivity contribution in [3.8, 4) is 11.3 Å². The molecule has 3 heteroatoms. The minimum Gasteiger partial charge on any atom is -0.456 e. The molecular weight excluding hydrogens is 270 g/mol. The second-order valence-electron chi connectivity index (χ2n) is 4.89.